The minimum absolute atomic E-state index is 0.0625. The summed E-state index contributed by atoms with van der Waals surface area (Å²) in [5.74, 6) is 0.523. The molecule has 0 spiro atoms. The highest BCUT2D eigenvalue weighted by Crippen LogP contribution is 2.26. The van der Waals surface area contributed by atoms with E-state index < -0.39 is 5.92 Å². The van der Waals surface area contributed by atoms with E-state index in [1.165, 1.54) is 45.4 Å². The van der Waals surface area contributed by atoms with Crippen LogP contribution in [0.25, 0.3) is 0 Å². The fourth-order valence-electron chi connectivity index (χ4n) is 0.779. The van der Waals surface area contributed by atoms with Crippen LogP contribution in [0, 0.1) is 17.8 Å². The van der Waals surface area contributed by atoms with Crippen molar-refractivity contribution in [2.24, 2.45) is 17.8 Å². The van der Waals surface area contributed by atoms with Gasteiger partial charge >= 0.3 is 0 Å². The summed E-state index contributed by atoms with van der Waals surface area (Å²) < 4.78 is 22.9. The Kier molecular flexibility index (Phi) is 20.9. The van der Waals surface area contributed by atoms with Gasteiger partial charge in [0.25, 0.3) is 0 Å². The van der Waals surface area contributed by atoms with Crippen LogP contribution in [0.4, 0.5) is 8.78 Å². The lowest BCUT2D eigenvalue weighted by atomic mass is 9.88. The van der Waals surface area contributed by atoms with Crippen LogP contribution in [0.1, 0.15) is 107 Å². The van der Waals surface area contributed by atoms with Gasteiger partial charge in [0, 0.05) is 6.42 Å². The smallest absolute Gasteiger partial charge is 0.207 e. The van der Waals surface area contributed by atoms with E-state index in [-0.39, 0.29) is 6.42 Å². The van der Waals surface area contributed by atoms with E-state index in [0.717, 1.165) is 24.7 Å². The first kappa shape index (κ1) is 26.7. The summed E-state index contributed by atoms with van der Waals surface area (Å²) in [4.78, 5) is 0. The average Bonchev–Trinajstić information content (AvgIpc) is 3.10. The van der Waals surface area contributed by atoms with Crippen molar-refractivity contribution in [1.82, 2.24) is 0 Å². The molecule has 138 valence electrons. The molecule has 2 saturated carbocycles. The van der Waals surface area contributed by atoms with Crippen molar-refractivity contribution in [3.05, 3.63) is 0 Å². The van der Waals surface area contributed by atoms with Gasteiger partial charge in [-0.15, -0.1) is 0 Å². The van der Waals surface area contributed by atoms with Crippen LogP contribution in [-0.2, 0) is 0 Å². The summed E-state index contributed by atoms with van der Waals surface area (Å²) in [5.41, 5.74) is 0. The predicted molar refractivity (Wildman–Crippen MR) is 98.8 cm³/mol. The third-order valence-electron chi connectivity index (χ3n) is 2.88. The molecule has 0 nitrogen and oxygen atoms in total. The molecule has 0 aromatic carbocycles. The molecular weight excluding hydrogens is 278 g/mol. The zero-order valence-electron chi connectivity index (χ0n) is 16.9. The first-order valence-electron chi connectivity index (χ1n) is 9.37. The van der Waals surface area contributed by atoms with E-state index in [0.29, 0.717) is 0 Å². The maximum absolute atomic E-state index is 11.5. The molecule has 2 rings (SSSR count). The molecule has 0 bridgehead atoms. The molecular formula is C20H44F2. The van der Waals surface area contributed by atoms with Crippen LogP contribution in [0.2, 0.25) is 0 Å². The Morgan fingerprint density at radius 2 is 1.05 bits per heavy atom. The Bertz CT molecular complexity index is 184. The van der Waals surface area contributed by atoms with Gasteiger partial charge in [-0.05, 0) is 24.7 Å². The Morgan fingerprint density at radius 1 is 0.864 bits per heavy atom. The minimum Gasteiger partial charge on any atom is -0.207 e. The summed E-state index contributed by atoms with van der Waals surface area (Å²) in [7, 11) is 0. The van der Waals surface area contributed by atoms with Crippen LogP contribution in [0.15, 0.2) is 0 Å². The zero-order chi connectivity index (χ0) is 18.2. The summed E-state index contributed by atoms with van der Waals surface area (Å²) in [5, 5.41) is 0. The van der Waals surface area contributed by atoms with E-state index in [1.807, 2.05) is 0 Å². The molecule has 2 heteroatoms. The monoisotopic (exact) mass is 322 g/mol. The second-order valence-corrected chi connectivity index (χ2v) is 7.58. The van der Waals surface area contributed by atoms with Crippen molar-refractivity contribution in [2.75, 3.05) is 0 Å². The maximum Gasteiger partial charge on any atom is 0.245 e. The minimum atomic E-state index is -2.46. The highest BCUT2D eigenvalue weighted by atomic mass is 19.3. The maximum atomic E-state index is 11.5. The van der Waals surface area contributed by atoms with Crippen molar-refractivity contribution in [3.8, 4) is 0 Å². The van der Waals surface area contributed by atoms with Crippen molar-refractivity contribution in [3.63, 3.8) is 0 Å². The second-order valence-electron chi connectivity index (χ2n) is 7.58. The summed E-state index contributed by atoms with van der Waals surface area (Å²) >= 11 is 0. The average molecular weight is 323 g/mol. The van der Waals surface area contributed by atoms with Crippen molar-refractivity contribution in [1.29, 1.82) is 0 Å². The van der Waals surface area contributed by atoms with E-state index in [4.69, 9.17) is 0 Å². The standard InChI is InChI=1S/C5H10.C4H8F2.C4H8.C4H10.C3H8/c1-5-3-2-4-5;1-3-4(2,5)6;1-4-2-3-4;1-4(2)3;1-3-2/h5H,2-4H2,1H3;3H2,1-2H3;4H,2-3H2,1H3;4H,1-3H3;3H2,1-2H3. The van der Waals surface area contributed by atoms with E-state index in [1.54, 1.807) is 0 Å². The third kappa shape index (κ3) is 50.2. The molecule has 0 N–H and O–H groups in total. The first-order valence-corrected chi connectivity index (χ1v) is 9.37. The third-order valence-corrected chi connectivity index (χ3v) is 2.88. The van der Waals surface area contributed by atoms with Gasteiger partial charge in [0.2, 0.25) is 5.92 Å². The van der Waals surface area contributed by atoms with Gasteiger partial charge in [0.15, 0.2) is 0 Å². The Hall–Kier alpha value is -0.140. The van der Waals surface area contributed by atoms with Gasteiger partial charge in [0.05, 0.1) is 0 Å². The molecule has 0 aliphatic heterocycles. The first-order chi connectivity index (χ1) is 9.99. The largest absolute Gasteiger partial charge is 0.245 e. The number of halogens is 2. The van der Waals surface area contributed by atoms with Gasteiger partial charge in [-0.2, -0.15) is 0 Å². The fraction of sp³-hybridized carbons (Fsp3) is 1.00. The number of rotatable bonds is 1. The van der Waals surface area contributed by atoms with Crippen LogP contribution in [0.3, 0.4) is 0 Å². The Balaban J connectivity index is -0.000000209. The summed E-state index contributed by atoms with van der Waals surface area (Å²) in [6.45, 7) is 17.7. The van der Waals surface area contributed by atoms with Gasteiger partial charge in [-0.3, -0.25) is 0 Å². The highest BCUT2D eigenvalue weighted by molar-refractivity contribution is 4.65. The zero-order valence-corrected chi connectivity index (χ0v) is 16.9. The van der Waals surface area contributed by atoms with Crippen molar-refractivity contribution < 1.29 is 8.78 Å². The normalized spacial score (nSPS) is 16.4. The lowest BCUT2D eigenvalue weighted by Gasteiger charge is -2.18. The van der Waals surface area contributed by atoms with Gasteiger partial charge in [0.1, 0.15) is 0 Å². The van der Waals surface area contributed by atoms with Crippen LogP contribution < -0.4 is 0 Å². The fourth-order valence-corrected chi connectivity index (χ4v) is 0.779. The number of hydrogen-bond acceptors (Lipinski definition) is 0. The molecule has 0 amide bonds. The number of hydrogen-bond donors (Lipinski definition) is 0. The topological polar surface area (TPSA) is 0 Å². The molecule has 0 atom stereocenters. The van der Waals surface area contributed by atoms with Crippen LogP contribution in [0.5, 0.6) is 0 Å². The van der Waals surface area contributed by atoms with E-state index in [2.05, 4.69) is 48.5 Å². The SMILES string of the molecule is CC(C)C.CC1CC1.CC1CCC1.CCC.CCC(C)(F)F. The second kappa shape index (κ2) is 17.2. The van der Waals surface area contributed by atoms with Crippen molar-refractivity contribution >= 4 is 0 Å². The highest BCUT2D eigenvalue weighted by Gasteiger charge is 2.15. The molecule has 0 saturated heterocycles. The molecule has 0 aromatic rings. The van der Waals surface area contributed by atoms with E-state index >= 15 is 0 Å². The van der Waals surface area contributed by atoms with E-state index in [9.17, 15) is 8.78 Å². The number of alkyl halides is 2. The Morgan fingerprint density at radius 3 is 1.05 bits per heavy atom. The van der Waals surface area contributed by atoms with Crippen LogP contribution >= 0.6 is 0 Å². The van der Waals surface area contributed by atoms with Gasteiger partial charge in [-0.25, -0.2) is 8.78 Å². The molecule has 2 aliphatic carbocycles. The quantitative estimate of drug-likeness (QED) is 0.455. The molecule has 2 fully saturated rings. The lowest BCUT2D eigenvalue weighted by molar-refractivity contribution is 0.0181. The molecule has 22 heavy (non-hydrogen) atoms. The van der Waals surface area contributed by atoms with Crippen LogP contribution in [-0.4, -0.2) is 5.92 Å². The van der Waals surface area contributed by atoms with Gasteiger partial charge in [-0.1, -0.05) is 93.9 Å². The predicted octanol–water partition coefficient (Wildman–Crippen LogP) is 8.35. The molecule has 0 aromatic heterocycles. The Labute approximate surface area is 140 Å². The molecule has 0 radical (unpaired) electrons. The summed E-state index contributed by atoms with van der Waals surface area (Å²) in [6, 6.07) is 0. The van der Waals surface area contributed by atoms with Gasteiger partial charge < -0.3 is 0 Å². The molecule has 0 heterocycles. The summed E-state index contributed by atoms with van der Waals surface area (Å²) in [6.07, 6.45) is 8.62. The molecule has 0 unspecified atom stereocenters. The molecule has 2 aliphatic rings. The van der Waals surface area contributed by atoms with Crippen molar-refractivity contribution in [2.45, 2.75) is 113 Å². The lowest BCUT2D eigenvalue weighted by Crippen LogP contribution is -2.05.